The fourth-order valence-corrected chi connectivity index (χ4v) is 1.20. The molecule has 1 rings (SSSR count). The second kappa shape index (κ2) is 4.41. The van der Waals surface area contributed by atoms with E-state index < -0.39 is 0 Å². The van der Waals surface area contributed by atoms with Crippen LogP contribution in [-0.2, 0) is 0 Å². The predicted octanol–water partition coefficient (Wildman–Crippen LogP) is -0.219. The molecule has 1 aliphatic rings. The van der Waals surface area contributed by atoms with Crippen LogP contribution < -0.4 is 11.1 Å². The van der Waals surface area contributed by atoms with E-state index in [0.29, 0.717) is 6.04 Å². The average Bonchev–Trinajstić information content (AvgIpc) is 2.34. The summed E-state index contributed by atoms with van der Waals surface area (Å²) >= 11 is 0. The predicted molar refractivity (Wildman–Crippen MR) is 45.9 cm³/mol. The van der Waals surface area contributed by atoms with E-state index in [9.17, 15) is 4.79 Å². The van der Waals surface area contributed by atoms with Crippen molar-refractivity contribution >= 4 is 18.4 Å². The molecule has 4 nitrogen and oxygen atoms in total. The summed E-state index contributed by atoms with van der Waals surface area (Å²) in [6.45, 7) is 1.55. The van der Waals surface area contributed by atoms with Crippen LogP contribution in [0.4, 0.5) is 4.79 Å². The van der Waals surface area contributed by atoms with E-state index in [2.05, 4.69) is 5.32 Å². The smallest absolute Gasteiger partial charge is 0.314 e. The van der Waals surface area contributed by atoms with Crippen molar-refractivity contribution in [2.45, 2.75) is 12.5 Å². The summed E-state index contributed by atoms with van der Waals surface area (Å²) in [4.78, 5) is 12.2. The fourth-order valence-electron chi connectivity index (χ4n) is 1.20. The zero-order valence-electron chi connectivity index (χ0n) is 6.54. The number of likely N-dealkylation sites (tertiary alicyclic amines) is 1. The van der Waals surface area contributed by atoms with E-state index >= 15 is 0 Å². The van der Waals surface area contributed by atoms with Crippen LogP contribution in [0.5, 0.6) is 0 Å². The van der Waals surface area contributed by atoms with E-state index in [1.54, 1.807) is 4.90 Å². The highest BCUT2D eigenvalue weighted by atomic mass is 35.5. The van der Waals surface area contributed by atoms with E-state index in [-0.39, 0.29) is 18.4 Å². The van der Waals surface area contributed by atoms with Crippen LogP contribution in [0.15, 0.2) is 0 Å². The van der Waals surface area contributed by atoms with Gasteiger partial charge in [-0.05, 0) is 13.5 Å². The Morgan fingerprint density at radius 1 is 1.73 bits per heavy atom. The van der Waals surface area contributed by atoms with Crippen LogP contribution in [0.1, 0.15) is 6.42 Å². The number of carbonyl (C=O) groups is 1. The van der Waals surface area contributed by atoms with Gasteiger partial charge in [-0.2, -0.15) is 0 Å². The van der Waals surface area contributed by atoms with Crippen molar-refractivity contribution in [2.75, 3.05) is 20.1 Å². The van der Waals surface area contributed by atoms with Gasteiger partial charge in [0.15, 0.2) is 0 Å². The van der Waals surface area contributed by atoms with E-state index in [4.69, 9.17) is 5.73 Å². The second-order valence-corrected chi connectivity index (χ2v) is 2.56. The van der Waals surface area contributed by atoms with Crippen molar-refractivity contribution in [3.63, 3.8) is 0 Å². The van der Waals surface area contributed by atoms with Crippen molar-refractivity contribution in [1.82, 2.24) is 10.2 Å². The molecule has 0 aromatic carbocycles. The number of nitrogens with one attached hydrogen (secondary N) is 1. The third-order valence-electron chi connectivity index (χ3n) is 1.91. The molecule has 1 heterocycles. The Labute approximate surface area is 72.5 Å². The number of carbonyl (C=O) groups excluding carboxylic acids is 1. The highest BCUT2D eigenvalue weighted by Gasteiger charge is 2.22. The molecule has 66 valence electrons. The second-order valence-electron chi connectivity index (χ2n) is 2.56. The molecule has 1 aliphatic heterocycles. The zero-order valence-corrected chi connectivity index (χ0v) is 7.36. The van der Waals surface area contributed by atoms with Gasteiger partial charge in [-0.1, -0.05) is 0 Å². The van der Waals surface area contributed by atoms with Gasteiger partial charge in [0.25, 0.3) is 0 Å². The van der Waals surface area contributed by atoms with Gasteiger partial charge in [0.05, 0.1) is 0 Å². The number of hydrogen-bond donors (Lipinski definition) is 2. The normalized spacial score (nSPS) is 23.0. The molecule has 0 radical (unpaired) electrons. The minimum atomic E-state index is -0.308. The lowest BCUT2D eigenvalue weighted by Gasteiger charge is -2.12. The van der Waals surface area contributed by atoms with Crippen molar-refractivity contribution in [3.8, 4) is 0 Å². The highest BCUT2D eigenvalue weighted by molar-refractivity contribution is 5.85. The van der Waals surface area contributed by atoms with E-state index in [1.807, 2.05) is 7.05 Å². The molecule has 0 spiro atoms. The molecule has 0 aliphatic carbocycles. The van der Waals surface area contributed by atoms with Crippen LogP contribution in [0, 0.1) is 0 Å². The summed E-state index contributed by atoms with van der Waals surface area (Å²) in [5.74, 6) is 0. The minimum absolute atomic E-state index is 0. The summed E-state index contributed by atoms with van der Waals surface area (Å²) < 4.78 is 0. The van der Waals surface area contributed by atoms with E-state index in [1.165, 1.54) is 0 Å². The first-order valence-corrected chi connectivity index (χ1v) is 3.45. The van der Waals surface area contributed by atoms with Crippen LogP contribution in [0.2, 0.25) is 0 Å². The summed E-state index contributed by atoms with van der Waals surface area (Å²) in [5, 5.41) is 3.10. The van der Waals surface area contributed by atoms with Crippen LogP contribution in [0.3, 0.4) is 0 Å². The topological polar surface area (TPSA) is 58.4 Å². The first kappa shape index (κ1) is 10.5. The summed E-state index contributed by atoms with van der Waals surface area (Å²) in [6, 6.07) is 0.130. The maximum atomic E-state index is 10.6. The van der Waals surface area contributed by atoms with Crippen molar-refractivity contribution in [1.29, 1.82) is 0 Å². The number of nitrogens with two attached hydrogens (primary N) is 1. The van der Waals surface area contributed by atoms with Gasteiger partial charge >= 0.3 is 6.03 Å². The van der Waals surface area contributed by atoms with Gasteiger partial charge in [-0.3, -0.25) is 0 Å². The number of likely N-dealkylation sites (N-methyl/N-ethyl adjacent to an activating group) is 1. The number of urea groups is 1. The van der Waals surface area contributed by atoms with Gasteiger partial charge in [-0.25, -0.2) is 4.79 Å². The average molecular weight is 180 g/mol. The van der Waals surface area contributed by atoms with Gasteiger partial charge in [-0.15, -0.1) is 12.4 Å². The van der Waals surface area contributed by atoms with Crippen molar-refractivity contribution in [3.05, 3.63) is 0 Å². The molecule has 5 heteroatoms. The molecule has 1 saturated heterocycles. The minimum Gasteiger partial charge on any atom is -0.351 e. The molecule has 1 unspecified atom stereocenters. The SMILES string of the molecule is CNC1CCN(C(N)=O)C1.Cl. The lowest BCUT2D eigenvalue weighted by atomic mass is 10.3. The first-order valence-electron chi connectivity index (χ1n) is 3.45. The van der Waals surface area contributed by atoms with Crippen molar-refractivity contribution < 1.29 is 4.79 Å². The maximum Gasteiger partial charge on any atom is 0.314 e. The molecule has 0 aromatic heterocycles. The van der Waals surface area contributed by atoms with Crippen molar-refractivity contribution in [2.24, 2.45) is 5.73 Å². The molecule has 0 bridgehead atoms. The number of primary amides is 1. The molecule has 3 N–H and O–H groups in total. The molecule has 0 saturated carbocycles. The summed E-state index contributed by atoms with van der Waals surface area (Å²) in [5.41, 5.74) is 5.07. The molecule has 0 aromatic rings. The third-order valence-corrected chi connectivity index (χ3v) is 1.91. The quantitative estimate of drug-likeness (QED) is 0.585. The summed E-state index contributed by atoms with van der Waals surface area (Å²) in [6.07, 6.45) is 1.01. The lowest BCUT2D eigenvalue weighted by molar-refractivity contribution is 0.217. The Balaban J connectivity index is 0.000001000. The van der Waals surface area contributed by atoms with E-state index in [0.717, 1.165) is 19.5 Å². The Hall–Kier alpha value is -0.480. The first-order chi connectivity index (χ1) is 4.74. The van der Waals surface area contributed by atoms with Gasteiger partial charge < -0.3 is 16.0 Å². The molecule has 1 atom stereocenters. The number of halogens is 1. The maximum absolute atomic E-state index is 10.6. The number of amides is 2. The van der Waals surface area contributed by atoms with Gasteiger partial charge in [0.2, 0.25) is 0 Å². The largest absolute Gasteiger partial charge is 0.351 e. The van der Waals surface area contributed by atoms with Crippen LogP contribution in [-0.4, -0.2) is 37.1 Å². The Bertz CT molecular complexity index is 142. The van der Waals surface area contributed by atoms with Crippen LogP contribution in [0.25, 0.3) is 0 Å². The summed E-state index contributed by atoms with van der Waals surface area (Å²) in [7, 11) is 1.90. The number of rotatable bonds is 1. The van der Waals surface area contributed by atoms with Gasteiger partial charge in [0, 0.05) is 19.1 Å². The lowest BCUT2D eigenvalue weighted by Crippen LogP contribution is -2.36. The standard InChI is InChI=1S/C6H13N3O.ClH/c1-8-5-2-3-9(4-5)6(7)10;/h5,8H,2-4H2,1H3,(H2,7,10);1H. The number of nitrogens with zero attached hydrogens (tertiary/aromatic N) is 1. The zero-order chi connectivity index (χ0) is 7.56. The molecular weight excluding hydrogens is 166 g/mol. The Kier molecular flexibility index (Phi) is 4.22. The Morgan fingerprint density at radius 3 is 2.64 bits per heavy atom. The molecule has 1 fully saturated rings. The fraction of sp³-hybridized carbons (Fsp3) is 0.833. The van der Waals surface area contributed by atoms with Crippen LogP contribution >= 0.6 is 12.4 Å². The monoisotopic (exact) mass is 179 g/mol. The highest BCUT2D eigenvalue weighted by Crippen LogP contribution is 2.06. The molecule has 2 amide bonds. The Morgan fingerprint density at radius 2 is 2.36 bits per heavy atom. The third kappa shape index (κ3) is 2.55. The molecule has 11 heavy (non-hydrogen) atoms. The molecular formula is C6H14ClN3O. The van der Waals surface area contributed by atoms with Gasteiger partial charge in [0.1, 0.15) is 0 Å². The number of hydrogen-bond acceptors (Lipinski definition) is 2.